The van der Waals surface area contributed by atoms with E-state index in [1.807, 2.05) is 30.3 Å². The van der Waals surface area contributed by atoms with Crippen LogP contribution in [0.25, 0.3) is 0 Å². The Morgan fingerprint density at radius 1 is 1.05 bits per heavy atom. The molecule has 0 spiro atoms. The van der Waals surface area contributed by atoms with Crippen molar-refractivity contribution < 1.29 is 9.59 Å². The molecule has 1 unspecified atom stereocenters. The van der Waals surface area contributed by atoms with Crippen molar-refractivity contribution in [2.75, 3.05) is 4.90 Å². The first-order valence-electron chi connectivity index (χ1n) is 6.45. The van der Waals surface area contributed by atoms with Gasteiger partial charge < -0.3 is 0 Å². The fourth-order valence-electron chi connectivity index (χ4n) is 2.50. The molecule has 0 N–H and O–H groups in total. The van der Waals surface area contributed by atoms with Crippen molar-refractivity contribution in [3.63, 3.8) is 0 Å². The third-order valence-electron chi connectivity index (χ3n) is 3.52. The normalized spacial score (nSPS) is 18.4. The third-order valence-corrected chi connectivity index (χ3v) is 4.90. The molecule has 3 rings (SSSR count). The number of benzene rings is 2. The predicted octanol–water partition coefficient (Wildman–Crippen LogP) is 4.15. The Hall–Kier alpha value is -1.65. The topological polar surface area (TPSA) is 37.4 Å². The number of amides is 2. The van der Waals surface area contributed by atoms with Crippen LogP contribution < -0.4 is 4.90 Å². The number of rotatable bonds is 2. The Kier molecular flexibility index (Phi) is 3.83. The molecule has 2 aromatic carbocycles. The second-order valence-corrected chi connectivity index (χ2v) is 6.01. The number of nitrogens with zero attached hydrogens (tertiary/aromatic N) is 1. The van der Waals surface area contributed by atoms with Crippen LogP contribution in [0.3, 0.4) is 0 Å². The largest absolute Gasteiger partial charge is 0.274 e. The highest BCUT2D eigenvalue weighted by atomic mass is 79.9. The average molecular weight is 365 g/mol. The van der Waals surface area contributed by atoms with Crippen molar-refractivity contribution >= 4 is 45.0 Å². The van der Waals surface area contributed by atoms with E-state index in [4.69, 9.17) is 11.6 Å². The third kappa shape index (κ3) is 2.49. The minimum Gasteiger partial charge on any atom is -0.274 e. The highest BCUT2D eigenvalue weighted by Gasteiger charge is 2.41. The van der Waals surface area contributed by atoms with E-state index in [9.17, 15) is 9.59 Å². The second-order valence-electron chi connectivity index (χ2n) is 4.81. The number of hydrogen-bond donors (Lipinski definition) is 0. The first-order chi connectivity index (χ1) is 10.1. The highest BCUT2D eigenvalue weighted by Crippen LogP contribution is 2.39. The zero-order chi connectivity index (χ0) is 15.0. The molecule has 1 heterocycles. The van der Waals surface area contributed by atoms with E-state index in [1.165, 1.54) is 4.90 Å². The lowest BCUT2D eigenvalue weighted by Crippen LogP contribution is -2.30. The fourth-order valence-corrected chi connectivity index (χ4v) is 3.11. The number of anilines is 1. The van der Waals surface area contributed by atoms with E-state index >= 15 is 0 Å². The van der Waals surface area contributed by atoms with Crippen LogP contribution in [0.5, 0.6) is 0 Å². The molecule has 0 bridgehead atoms. The summed E-state index contributed by atoms with van der Waals surface area (Å²) in [5, 5.41) is 0.469. The predicted molar refractivity (Wildman–Crippen MR) is 85.4 cm³/mol. The van der Waals surface area contributed by atoms with Crippen molar-refractivity contribution in [2.24, 2.45) is 0 Å². The molecule has 0 aromatic heterocycles. The lowest BCUT2D eigenvalue weighted by Gasteiger charge is -2.17. The Morgan fingerprint density at radius 3 is 2.48 bits per heavy atom. The standard InChI is InChI=1S/C16H11BrClNO2/c17-15-12(18)7-4-8-13(15)19-14(20)9-11(16(19)21)10-5-2-1-3-6-10/h1-8,11H,9H2. The molecule has 2 amide bonds. The quantitative estimate of drug-likeness (QED) is 0.751. The maximum atomic E-state index is 12.6. The van der Waals surface area contributed by atoms with Gasteiger partial charge in [0.1, 0.15) is 0 Å². The van der Waals surface area contributed by atoms with Crippen LogP contribution in [-0.2, 0) is 9.59 Å². The molecule has 1 aliphatic rings. The average Bonchev–Trinajstić information content (AvgIpc) is 2.78. The molecular weight excluding hydrogens is 354 g/mol. The van der Waals surface area contributed by atoms with Crippen LogP contribution in [0.2, 0.25) is 5.02 Å². The monoisotopic (exact) mass is 363 g/mol. The van der Waals surface area contributed by atoms with E-state index in [1.54, 1.807) is 18.2 Å². The Balaban J connectivity index is 2.00. The molecule has 0 saturated carbocycles. The summed E-state index contributed by atoms with van der Waals surface area (Å²) in [5.41, 5.74) is 1.35. The molecule has 0 radical (unpaired) electrons. The summed E-state index contributed by atoms with van der Waals surface area (Å²) in [6, 6.07) is 14.5. The van der Waals surface area contributed by atoms with Gasteiger partial charge in [-0.05, 0) is 33.6 Å². The maximum Gasteiger partial charge on any atom is 0.241 e. The smallest absolute Gasteiger partial charge is 0.241 e. The van der Waals surface area contributed by atoms with Crippen molar-refractivity contribution in [2.45, 2.75) is 12.3 Å². The summed E-state index contributed by atoms with van der Waals surface area (Å²) in [4.78, 5) is 26.1. The Bertz CT molecular complexity index is 717. The summed E-state index contributed by atoms with van der Waals surface area (Å²) in [5.74, 6) is -0.851. The first-order valence-corrected chi connectivity index (χ1v) is 7.62. The highest BCUT2D eigenvalue weighted by molar-refractivity contribution is 9.10. The molecule has 1 atom stereocenters. The fraction of sp³-hybridized carbons (Fsp3) is 0.125. The number of halogens is 2. The molecule has 1 saturated heterocycles. The summed E-state index contributed by atoms with van der Waals surface area (Å²) in [6.07, 6.45) is 0.182. The van der Waals surface area contributed by atoms with E-state index < -0.39 is 5.92 Å². The van der Waals surface area contributed by atoms with E-state index in [2.05, 4.69) is 15.9 Å². The Labute approximate surface area is 135 Å². The molecule has 106 valence electrons. The molecule has 5 heteroatoms. The van der Waals surface area contributed by atoms with Crippen molar-refractivity contribution in [3.05, 3.63) is 63.6 Å². The van der Waals surface area contributed by atoms with E-state index in [0.717, 1.165) is 5.56 Å². The van der Waals surface area contributed by atoms with Gasteiger partial charge in [-0.2, -0.15) is 0 Å². The van der Waals surface area contributed by atoms with Crippen molar-refractivity contribution in [1.29, 1.82) is 0 Å². The van der Waals surface area contributed by atoms with Crippen LogP contribution in [0.1, 0.15) is 17.9 Å². The zero-order valence-electron chi connectivity index (χ0n) is 10.9. The molecular formula is C16H11BrClNO2. The molecule has 3 nitrogen and oxygen atoms in total. The number of carbonyl (C=O) groups excluding carboxylic acids is 2. The molecule has 2 aromatic rings. The SMILES string of the molecule is O=C1CC(c2ccccc2)C(=O)N1c1cccc(Cl)c1Br. The van der Waals surface area contributed by atoms with E-state index in [0.29, 0.717) is 15.2 Å². The minimum atomic E-state index is -0.426. The van der Waals surface area contributed by atoms with Crippen LogP contribution in [0, 0.1) is 0 Å². The first kappa shape index (κ1) is 14.3. The van der Waals surface area contributed by atoms with Gasteiger partial charge >= 0.3 is 0 Å². The van der Waals surface area contributed by atoms with Crippen LogP contribution in [0.4, 0.5) is 5.69 Å². The summed E-state index contributed by atoms with van der Waals surface area (Å²) < 4.78 is 0.557. The maximum absolute atomic E-state index is 12.6. The Morgan fingerprint density at radius 2 is 1.76 bits per heavy atom. The summed E-state index contributed by atoms with van der Waals surface area (Å²) in [6.45, 7) is 0. The summed E-state index contributed by atoms with van der Waals surface area (Å²) in [7, 11) is 0. The lowest BCUT2D eigenvalue weighted by molar-refractivity contribution is -0.121. The van der Waals surface area contributed by atoms with Gasteiger partial charge in [-0.3, -0.25) is 9.59 Å². The zero-order valence-corrected chi connectivity index (χ0v) is 13.3. The van der Waals surface area contributed by atoms with Crippen LogP contribution >= 0.6 is 27.5 Å². The van der Waals surface area contributed by atoms with Gasteiger partial charge in [0.2, 0.25) is 11.8 Å². The van der Waals surface area contributed by atoms with Gasteiger partial charge in [0, 0.05) is 6.42 Å². The minimum absolute atomic E-state index is 0.182. The van der Waals surface area contributed by atoms with Crippen molar-refractivity contribution in [1.82, 2.24) is 0 Å². The van der Waals surface area contributed by atoms with Gasteiger partial charge in [0.15, 0.2) is 0 Å². The molecule has 1 aliphatic heterocycles. The number of imide groups is 1. The summed E-state index contributed by atoms with van der Waals surface area (Å²) >= 11 is 9.39. The van der Waals surface area contributed by atoms with Gasteiger partial charge in [-0.15, -0.1) is 0 Å². The van der Waals surface area contributed by atoms with Gasteiger partial charge in [0.05, 0.1) is 21.1 Å². The lowest BCUT2D eigenvalue weighted by atomic mass is 9.98. The number of carbonyl (C=O) groups is 2. The van der Waals surface area contributed by atoms with Crippen LogP contribution in [-0.4, -0.2) is 11.8 Å². The van der Waals surface area contributed by atoms with Crippen LogP contribution in [0.15, 0.2) is 53.0 Å². The molecule has 21 heavy (non-hydrogen) atoms. The molecule has 0 aliphatic carbocycles. The van der Waals surface area contributed by atoms with E-state index in [-0.39, 0.29) is 18.2 Å². The van der Waals surface area contributed by atoms with Crippen molar-refractivity contribution in [3.8, 4) is 0 Å². The van der Waals surface area contributed by atoms with Gasteiger partial charge in [-0.25, -0.2) is 4.90 Å². The molecule has 1 fully saturated rings. The van der Waals surface area contributed by atoms with Gasteiger partial charge in [0.25, 0.3) is 0 Å². The van der Waals surface area contributed by atoms with Gasteiger partial charge in [-0.1, -0.05) is 48.0 Å². The second kappa shape index (κ2) is 5.62. The number of hydrogen-bond acceptors (Lipinski definition) is 2.